The van der Waals surface area contributed by atoms with Crippen LogP contribution in [0.3, 0.4) is 0 Å². The first-order valence-electron chi connectivity index (χ1n) is 7.70. The predicted molar refractivity (Wildman–Crippen MR) is 90.5 cm³/mol. The van der Waals surface area contributed by atoms with Crippen LogP contribution in [0.4, 0.5) is 0 Å². The molecule has 0 N–H and O–H groups in total. The van der Waals surface area contributed by atoms with Crippen molar-refractivity contribution in [3.63, 3.8) is 0 Å². The van der Waals surface area contributed by atoms with Gasteiger partial charge in [0.05, 0.1) is 23.4 Å². The normalized spacial score (nSPS) is 16.7. The van der Waals surface area contributed by atoms with Gasteiger partial charge in [0.15, 0.2) is 5.82 Å². The summed E-state index contributed by atoms with van der Waals surface area (Å²) in [6.45, 7) is 2.66. The number of thiazole rings is 1. The number of fused-ring (bicyclic) bond motifs is 1. The summed E-state index contributed by atoms with van der Waals surface area (Å²) in [6, 6.07) is 5.63. The zero-order chi connectivity index (χ0) is 16.5. The van der Waals surface area contributed by atoms with E-state index in [0.717, 1.165) is 17.0 Å². The van der Waals surface area contributed by atoms with Gasteiger partial charge >= 0.3 is 0 Å². The quantitative estimate of drug-likeness (QED) is 0.719. The molecule has 0 aromatic carbocycles. The number of pyridine rings is 1. The summed E-state index contributed by atoms with van der Waals surface area (Å²) in [5.74, 6) is 0.647. The van der Waals surface area contributed by atoms with Crippen LogP contribution in [-0.4, -0.2) is 37.3 Å². The Morgan fingerprint density at radius 1 is 1.29 bits per heavy atom. The second-order valence-electron chi connectivity index (χ2n) is 5.60. The Morgan fingerprint density at radius 3 is 2.96 bits per heavy atom. The molecule has 120 valence electrons. The lowest BCUT2D eigenvalue weighted by atomic mass is 9.99. The zero-order valence-corrected chi connectivity index (χ0v) is 13.9. The molecule has 0 saturated heterocycles. The molecule has 0 bridgehead atoms. The first-order valence-corrected chi connectivity index (χ1v) is 8.58. The molecule has 4 rings (SSSR count). The van der Waals surface area contributed by atoms with Gasteiger partial charge in [-0.3, -0.25) is 14.8 Å². The second kappa shape index (κ2) is 6.09. The van der Waals surface area contributed by atoms with Crippen LogP contribution < -0.4 is 0 Å². The highest BCUT2D eigenvalue weighted by molar-refractivity contribution is 7.11. The molecule has 4 heterocycles. The predicted octanol–water partition coefficient (Wildman–Crippen LogP) is 2.75. The monoisotopic (exact) mass is 337 g/mol. The van der Waals surface area contributed by atoms with Crippen molar-refractivity contribution in [3.05, 3.63) is 58.4 Å². The summed E-state index contributed by atoms with van der Waals surface area (Å²) in [5.41, 5.74) is 4.43. The molecule has 6 nitrogen and oxygen atoms in total. The molecule has 0 saturated carbocycles. The van der Waals surface area contributed by atoms with E-state index in [9.17, 15) is 4.79 Å². The van der Waals surface area contributed by atoms with E-state index < -0.39 is 0 Å². The number of hydrogen-bond acceptors (Lipinski definition) is 6. The summed E-state index contributed by atoms with van der Waals surface area (Å²) in [5, 5.41) is 0. The van der Waals surface area contributed by atoms with Gasteiger partial charge in [0.2, 0.25) is 0 Å². The van der Waals surface area contributed by atoms with E-state index >= 15 is 0 Å². The third-order valence-electron chi connectivity index (χ3n) is 4.21. The van der Waals surface area contributed by atoms with Crippen molar-refractivity contribution in [2.75, 3.05) is 6.54 Å². The highest BCUT2D eigenvalue weighted by Gasteiger charge is 2.30. The topological polar surface area (TPSA) is 71.9 Å². The van der Waals surface area contributed by atoms with Gasteiger partial charge in [-0.05, 0) is 19.1 Å². The van der Waals surface area contributed by atoms with E-state index in [1.165, 1.54) is 11.3 Å². The highest BCUT2D eigenvalue weighted by Crippen LogP contribution is 2.30. The van der Waals surface area contributed by atoms with Crippen molar-refractivity contribution >= 4 is 17.2 Å². The molecule has 3 aromatic rings. The number of nitrogens with zero attached hydrogens (tertiary/aromatic N) is 5. The van der Waals surface area contributed by atoms with Gasteiger partial charge in [-0.1, -0.05) is 6.07 Å². The molecule has 1 unspecified atom stereocenters. The number of carbonyl (C=O) groups is 1. The minimum absolute atomic E-state index is 0.0180. The molecule has 0 radical (unpaired) electrons. The molecule has 1 aliphatic heterocycles. The molecule has 1 atom stereocenters. The Morgan fingerprint density at radius 2 is 2.21 bits per heavy atom. The Kier molecular flexibility index (Phi) is 3.78. The second-order valence-corrected chi connectivity index (χ2v) is 6.49. The molecular formula is C17H15N5OS. The molecule has 0 aliphatic carbocycles. The number of hydrogen-bond donors (Lipinski definition) is 0. The zero-order valence-electron chi connectivity index (χ0n) is 13.1. The Hall–Kier alpha value is -2.67. The van der Waals surface area contributed by atoms with Gasteiger partial charge in [-0.2, -0.15) is 0 Å². The molecule has 0 fully saturated rings. The number of amides is 1. The van der Waals surface area contributed by atoms with Crippen molar-refractivity contribution in [3.8, 4) is 11.5 Å². The maximum atomic E-state index is 12.6. The van der Waals surface area contributed by atoms with Crippen LogP contribution in [0.1, 0.15) is 33.9 Å². The van der Waals surface area contributed by atoms with Crippen molar-refractivity contribution in [1.82, 2.24) is 24.8 Å². The fourth-order valence-electron chi connectivity index (χ4n) is 2.92. The summed E-state index contributed by atoms with van der Waals surface area (Å²) in [6.07, 6.45) is 5.89. The molecular weight excluding hydrogens is 322 g/mol. The Balaban J connectivity index is 1.64. The summed E-state index contributed by atoms with van der Waals surface area (Å²) in [7, 11) is 0. The first-order chi connectivity index (χ1) is 11.7. The standard InChI is InChI=1S/C17H15N5OS/c1-11-12-8-20-16(14-4-2-3-6-19-14)21-13(12)5-7-22(11)17(23)15-9-18-10-24-15/h2-4,6,8-11H,5,7H2,1H3. The molecule has 1 aliphatic rings. The van der Waals surface area contributed by atoms with Crippen LogP contribution >= 0.6 is 11.3 Å². The van der Waals surface area contributed by atoms with Crippen LogP contribution in [0.2, 0.25) is 0 Å². The average molecular weight is 337 g/mol. The summed E-state index contributed by atoms with van der Waals surface area (Å²) < 4.78 is 0. The largest absolute Gasteiger partial charge is 0.331 e. The van der Waals surface area contributed by atoms with Gasteiger partial charge < -0.3 is 4.90 Å². The average Bonchev–Trinajstić information content (AvgIpc) is 3.17. The first kappa shape index (κ1) is 14.9. The van der Waals surface area contributed by atoms with Gasteiger partial charge in [0, 0.05) is 30.9 Å². The number of rotatable bonds is 2. The third kappa shape index (κ3) is 2.56. The maximum Gasteiger partial charge on any atom is 0.266 e. The Labute approximate surface area is 143 Å². The van der Waals surface area contributed by atoms with Gasteiger partial charge in [0.25, 0.3) is 5.91 Å². The van der Waals surface area contributed by atoms with E-state index in [4.69, 9.17) is 0 Å². The number of carbonyl (C=O) groups excluding carboxylic acids is 1. The maximum absolute atomic E-state index is 12.6. The van der Waals surface area contributed by atoms with Crippen LogP contribution in [0.15, 0.2) is 42.3 Å². The minimum Gasteiger partial charge on any atom is -0.331 e. The fraction of sp³-hybridized carbons (Fsp3) is 0.235. The molecule has 7 heteroatoms. The number of aromatic nitrogens is 4. The molecule has 1 amide bonds. The lowest BCUT2D eigenvalue weighted by Crippen LogP contribution is -2.39. The van der Waals surface area contributed by atoms with E-state index in [2.05, 4.69) is 19.9 Å². The van der Waals surface area contributed by atoms with Gasteiger partial charge in [-0.15, -0.1) is 11.3 Å². The van der Waals surface area contributed by atoms with E-state index in [1.54, 1.807) is 17.9 Å². The smallest absolute Gasteiger partial charge is 0.266 e. The van der Waals surface area contributed by atoms with E-state index in [0.29, 0.717) is 23.7 Å². The molecule has 0 spiro atoms. The minimum atomic E-state index is -0.0545. The van der Waals surface area contributed by atoms with E-state index in [1.807, 2.05) is 36.2 Å². The van der Waals surface area contributed by atoms with Crippen molar-refractivity contribution in [1.29, 1.82) is 0 Å². The highest BCUT2D eigenvalue weighted by atomic mass is 32.1. The van der Waals surface area contributed by atoms with Crippen molar-refractivity contribution < 1.29 is 4.79 Å². The Bertz CT molecular complexity index is 866. The van der Waals surface area contributed by atoms with E-state index in [-0.39, 0.29) is 11.9 Å². The lowest BCUT2D eigenvalue weighted by Gasteiger charge is -2.34. The summed E-state index contributed by atoms with van der Waals surface area (Å²) >= 11 is 1.37. The molecule has 24 heavy (non-hydrogen) atoms. The van der Waals surface area contributed by atoms with Crippen LogP contribution in [0.5, 0.6) is 0 Å². The van der Waals surface area contributed by atoms with Gasteiger partial charge in [0.1, 0.15) is 10.6 Å². The third-order valence-corrected chi connectivity index (χ3v) is 4.97. The molecule has 3 aromatic heterocycles. The SMILES string of the molecule is CC1c2cnc(-c3ccccn3)nc2CCN1C(=O)c1cncs1. The van der Waals surface area contributed by atoms with Crippen LogP contribution in [0, 0.1) is 0 Å². The van der Waals surface area contributed by atoms with Crippen LogP contribution in [0.25, 0.3) is 11.5 Å². The van der Waals surface area contributed by atoms with Crippen LogP contribution in [-0.2, 0) is 6.42 Å². The van der Waals surface area contributed by atoms with Crippen molar-refractivity contribution in [2.24, 2.45) is 0 Å². The van der Waals surface area contributed by atoms with Crippen molar-refractivity contribution in [2.45, 2.75) is 19.4 Å². The summed E-state index contributed by atoms with van der Waals surface area (Å²) in [4.78, 5) is 32.5. The van der Waals surface area contributed by atoms with Gasteiger partial charge in [-0.25, -0.2) is 9.97 Å². The lowest BCUT2D eigenvalue weighted by molar-refractivity contribution is 0.0680. The fourth-order valence-corrected chi connectivity index (χ4v) is 3.50.